The van der Waals surface area contributed by atoms with Crippen molar-refractivity contribution in [3.8, 4) is 22.8 Å². The predicted octanol–water partition coefficient (Wildman–Crippen LogP) is 3.77. The number of rotatable bonds is 8. The fraction of sp³-hybridized carbons (Fsp3) is 0.290. The highest BCUT2D eigenvalue weighted by atomic mass is 35.5. The van der Waals surface area contributed by atoms with Crippen LogP contribution in [0.15, 0.2) is 48.5 Å². The Morgan fingerprint density at radius 1 is 1.11 bits per heavy atom. The minimum absolute atomic E-state index is 0. The van der Waals surface area contributed by atoms with Crippen molar-refractivity contribution < 1.29 is 46.8 Å². The van der Waals surface area contributed by atoms with Crippen molar-refractivity contribution in [2.75, 3.05) is 26.9 Å². The standard InChI is InChI=1S/C31H28F4N4O6.ClH/c1-15-8-18-9-19(10-22(44-3)24(18)38-16(15)2)27(41)37-12-30(43,31(33,34)35)23-11-21-26(45-14-29(21,13-40)28(36)42)25(39-23)17-4-6-20(32)7-5-17;/h4-11,40,43H,12-14H2,1-3H3,(H2,36,42)(H,37,41);1H/t29-,30-;/m0./s1. The Morgan fingerprint density at radius 3 is 2.37 bits per heavy atom. The molecule has 4 aromatic rings. The van der Waals surface area contributed by atoms with Gasteiger partial charge >= 0.3 is 6.18 Å². The molecule has 5 rings (SSSR count). The lowest BCUT2D eigenvalue weighted by atomic mass is 9.80. The van der Waals surface area contributed by atoms with Gasteiger partial charge in [0, 0.05) is 27.8 Å². The monoisotopic (exact) mass is 664 g/mol. The van der Waals surface area contributed by atoms with Crippen LogP contribution in [0.3, 0.4) is 0 Å². The topological polar surface area (TPSA) is 157 Å². The summed E-state index contributed by atoms with van der Waals surface area (Å²) in [5, 5.41) is 24.0. The zero-order chi connectivity index (χ0) is 32.9. The van der Waals surface area contributed by atoms with Crippen LogP contribution in [0.2, 0.25) is 0 Å². The van der Waals surface area contributed by atoms with E-state index in [2.05, 4.69) is 15.3 Å². The number of aliphatic hydroxyl groups excluding tert-OH is 1. The Balaban J connectivity index is 0.00000480. The Bertz CT molecular complexity index is 1840. The molecule has 2 amide bonds. The largest absolute Gasteiger partial charge is 0.494 e. The first-order valence-corrected chi connectivity index (χ1v) is 13.5. The number of alkyl halides is 3. The van der Waals surface area contributed by atoms with Crippen LogP contribution < -0.4 is 20.5 Å². The van der Waals surface area contributed by atoms with Gasteiger partial charge in [-0.2, -0.15) is 13.2 Å². The van der Waals surface area contributed by atoms with E-state index in [1.165, 1.54) is 31.4 Å². The Morgan fingerprint density at radius 2 is 1.78 bits per heavy atom. The van der Waals surface area contributed by atoms with Gasteiger partial charge in [-0.15, -0.1) is 12.4 Å². The molecule has 1 aliphatic rings. The summed E-state index contributed by atoms with van der Waals surface area (Å²) in [7, 11) is 1.36. The molecular formula is C31H29ClF4N4O6. The summed E-state index contributed by atoms with van der Waals surface area (Å²) >= 11 is 0. The molecule has 5 N–H and O–H groups in total. The number of aryl methyl sites for hydroxylation is 2. The van der Waals surface area contributed by atoms with E-state index in [9.17, 15) is 37.4 Å². The lowest BCUT2D eigenvalue weighted by Gasteiger charge is -2.31. The van der Waals surface area contributed by atoms with Crippen LogP contribution in [0, 0.1) is 19.7 Å². The summed E-state index contributed by atoms with van der Waals surface area (Å²) < 4.78 is 68.8. The number of primary amides is 1. The Labute approximate surface area is 266 Å². The number of hydrogen-bond donors (Lipinski definition) is 4. The van der Waals surface area contributed by atoms with Crippen molar-refractivity contribution >= 4 is 35.1 Å². The van der Waals surface area contributed by atoms with Gasteiger partial charge in [-0.05, 0) is 67.9 Å². The number of nitrogens with two attached hydrogens (primary N) is 1. The fourth-order valence-electron chi connectivity index (χ4n) is 5.12. The maximum absolute atomic E-state index is 14.7. The molecule has 0 spiro atoms. The van der Waals surface area contributed by atoms with Gasteiger partial charge in [0.1, 0.15) is 40.5 Å². The average molecular weight is 665 g/mol. The molecule has 244 valence electrons. The number of aromatic nitrogens is 2. The maximum Gasteiger partial charge on any atom is 0.424 e. The zero-order valence-electron chi connectivity index (χ0n) is 24.7. The quantitative estimate of drug-likeness (QED) is 0.208. The fourth-order valence-corrected chi connectivity index (χ4v) is 5.12. The molecule has 2 aromatic carbocycles. The van der Waals surface area contributed by atoms with Crippen LogP contribution in [0.4, 0.5) is 17.6 Å². The van der Waals surface area contributed by atoms with E-state index in [-0.39, 0.29) is 46.3 Å². The van der Waals surface area contributed by atoms with Crippen molar-refractivity contribution in [3.63, 3.8) is 0 Å². The van der Waals surface area contributed by atoms with Gasteiger partial charge in [0.25, 0.3) is 5.91 Å². The molecule has 1 aliphatic heterocycles. The van der Waals surface area contributed by atoms with Crippen molar-refractivity contribution in [3.05, 3.63) is 82.4 Å². The minimum Gasteiger partial charge on any atom is -0.494 e. The molecule has 2 atom stereocenters. The van der Waals surface area contributed by atoms with E-state index in [1.807, 2.05) is 6.92 Å². The first-order valence-electron chi connectivity index (χ1n) is 13.5. The number of carbonyl (C=O) groups is 2. The lowest BCUT2D eigenvalue weighted by molar-refractivity contribution is -0.265. The number of aliphatic hydroxyl groups is 2. The molecule has 0 unspecified atom stereocenters. The highest BCUT2D eigenvalue weighted by molar-refractivity contribution is 6.00. The number of nitrogens with one attached hydrogen (secondary N) is 1. The summed E-state index contributed by atoms with van der Waals surface area (Å²) in [6.07, 6.45) is -5.42. The lowest BCUT2D eigenvalue weighted by Crippen LogP contribution is -2.52. The molecule has 0 fully saturated rings. The van der Waals surface area contributed by atoms with E-state index >= 15 is 0 Å². The maximum atomic E-state index is 14.7. The molecule has 0 saturated carbocycles. The van der Waals surface area contributed by atoms with Crippen molar-refractivity contribution in [2.45, 2.75) is 31.0 Å². The number of hydrogen-bond acceptors (Lipinski definition) is 8. The zero-order valence-corrected chi connectivity index (χ0v) is 25.5. The Hall–Kier alpha value is -4.53. The van der Waals surface area contributed by atoms with Crippen LogP contribution >= 0.6 is 12.4 Å². The van der Waals surface area contributed by atoms with Crippen molar-refractivity contribution in [2.24, 2.45) is 5.73 Å². The molecular weight excluding hydrogens is 636 g/mol. The number of ether oxygens (including phenoxy) is 2. The highest BCUT2D eigenvalue weighted by Gasteiger charge is 2.58. The second kappa shape index (κ2) is 12.3. The molecule has 15 heteroatoms. The number of amides is 2. The number of methoxy groups -OCH3 is 1. The first kappa shape index (κ1) is 34.3. The minimum atomic E-state index is -5.42. The van der Waals surface area contributed by atoms with Crippen LogP contribution in [-0.2, 0) is 15.8 Å². The number of nitrogens with zero attached hydrogens (tertiary/aromatic N) is 2. The summed E-state index contributed by atoms with van der Waals surface area (Å²) in [5.41, 5.74) is 0.218. The van der Waals surface area contributed by atoms with E-state index in [1.54, 1.807) is 13.0 Å². The molecule has 0 saturated heterocycles. The van der Waals surface area contributed by atoms with Gasteiger partial charge in [-0.3, -0.25) is 9.59 Å². The van der Waals surface area contributed by atoms with Gasteiger partial charge in [0.05, 0.1) is 26.0 Å². The van der Waals surface area contributed by atoms with Gasteiger partial charge < -0.3 is 30.7 Å². The second-order valence-electron chi connectivity index (χ2n) is 10.8. The number of pyridine rings is 2. The molecule has 10 nitrogen and oxygen atoms in total. The van der Waals surface area contributed by atoms with E-state index < -0.39 is 60.3 Å². The molecule has 2 aromatic heterocycles. The number of carbonyl (C=O) groups excluding carboxylic acids is 2. The van der Waals surface area contributed by atoms with Crippen molar-refractivity contribution in [1.82, 2.24) is 15.3 Å². The van der Waals surface area contributed by atoms with E-state index in [4.69, 9.17) is 15.2 Å². The van der Waals surface area contributed by atoms with E-state index in [0.29, 0.717) is 10.9 Å². The number of halogens is 5. The third kappa shape index (κ3) is 5.67. The van der Waals surface area contributed by atoms with Gasteiger partial charge in [-0.25, -0.2) is 14.4 Å². The second-order valence-corrected chi connectivity index (χ2v) is 10.8. The third-order valence-corrected chi connectivity index (χ3v) is 8.02. The summed E-state index contributed by atoms with van der Waals surface area (Å²) in [4.78, 5) is 34.2. The molecule has 0 radical (unpaired) electrons. The summed E-state index contributed by atoms with van der Waals surface area (Å²) in [5.74, 6) is -2.67. The van der Waals surface area contributed by atoms with Crippen LogP contribution in [0.25, 0.3) is 22.2 Å². The number of fused-ring (bicyclic) bond motifs is 2. The van der Waals surface area contributed by atoms with Crippen molar-refractivity contribution in [1.29, 1.82) is 0 Å². The third-order valence-electron chi connectivity index (χ3n) is 8.02. The highest BCUT2D eigenvalue weighted by Crippen LogP contribution is 2.47. The normalized spacial score (nSPS) is 17.0. The van der Waals surface area contributed by atoms with Crippen LogP contribution in [0.1, 0.15) is 32.9 Å². The Kier molecular flexibility index (Phi) is 9.22. The molecule has 0 bridgehead atoms. The van der Waals surface area contributed by atoms with Crippen LogP contribution in [-0.4, -0.2) is 65.0 Å². The van der Waals surface area contributed by atoms with Crippen LogP contribution in [0.5, 0.6) is 11.5 Å². The molecule has 0 aliphatic carbocycles. The number of benzene rings is 2. The summed E-state index contributed by atoms with van der Waals surface area (Å²) in [6.45, 7) is 0.746. The van der Waals surface area contributed by atoms with E-state index in [0.717, 1.165) is 29.5 Å². The van der Waals surface area contributed by atoms with Gasteiger partial charge in [-0.1, -0.05) is 0 Å². The first-order chi connectivity index (χ1) is 21.1. The average Bonchev–Trinajstić information content (AvgIpc) is 3.39. The summed E-state index contributed by atoms with van der Waals surface area (Å²) in [6, 6.07) is 9.76. The molecule has 3 heterocycles. The van der Waals surface area contributed by atoms with Gasteiger partial charge in [0.2, 0.25) is 11.5 Å². The van der Waals surface area contributed by atoms with Gasteiger partial charge in [0.15, 0.2) is 0 Å². The smallest absolute Gasteiger partial charge is 0.424 e. The SMILES string of the molecule is COc1cc(C(=O)NC[C@](O)(c2cc3c(c(-c4ccc(F)cc4)n2)OC[C@]3(CO)C(N)=O)C(F)(F)F)cc2cc(C)c(C)nc12.Cl. The molecule has 46 heavy (non-hydrogen) atoms. The predicted molar refractivity (Wildman–Crippen MR) is 160 cm³/mol.